The van der Waals surface area contributed by atoms with Crippen LogP contribution in [0.3, 0.4) is 0 Å². The van der Waals surface area contributed by atoms with Gasteiger partial charge in [-0.05, 0) is 44.9 Å². The fourth-order valence-corrected chi connectivity index (χ4v) is 4.55. The molecule has 5 unspecified atom stereocenters. The van der Waals surface area contributed by atoms with Gasteiger partial charge >= 0.3 is 24.1 Å². The molecular weight excluding hydrogens is 478 g/mol. The van der Waals surface area contributed by atoms with Crippen molar-refractivity contribution in [2.45, 2.75) is 71.1 Å². The number of unbranched alkanes of at least 4 members (excludes halogenated alkanes) is 1. The van der Waals surface area contributed by atoms with Crippen molar-refractivity contribution in [2.24, 2.45) is 17.8 Å². The Morgan fingerprint density at radius 2 is 1.77 bits per heavy atom. The van der Waals surface area contributed by atoms with Crippen LogP contribution in [0.25, 0.3) is 0 Å². The van der Waals surface area contributed by atoms with E-state index in [1.165, 1.54) is 18.9 Å². The number of aliphatic carboxylic acids is 2. The highest BCUT2D eigenvalue weighted by Gasteiger charge is 2.76. The number of carboxylic acids is 2. The van der Waals surface area contributed by atoms with Crippen LogP contribution in [0.4, 0.5) is 15.3 Å². The van der Waals surface area contributed by atoms with Crippen LogP contribution in [0.15, 0.2) is 24.3 Å². The number of halogens is 1. The van der Waals surface area contributed by atoms with Gasteiger partial charge in [0.1, 0.15) is 11.1 Å². The molecule has 0 spiro atoms. The number of hydrogen-bond donors (Lipinski definition) is 5. The molecule has 0 aliphatic heterocycles. The number of carbonyl (C=O) groups is 4. The standard InChI is InChI=1S/C20H24ClN3O7.C4H10/c1-19(2,3)31-18(30)24-20(16(27)28)8-11(12-13(14(12)20)15(25)26)23-17(29)22-10-6-4-5-9(21)7-10;1-3-4-2/h4-7,11-14H,8H2,1-3H3,(H,24,30)(H,25,26)(H,27,28)(H2,22,23,29);3-4H2,1-2H3. The largest absolute Gasteiger partial charge is 0.481 e. The van der Waals surface area contributed by atoms with Gasteiger partial charge in [0, 0.05) is 29.1 Å². The van der Waals surface area contributed by atoms with Crippen LogP contribution < -0.4 is 16.0 Å². The molecule has 2 aliphatic rings. The number of nitrogens with one attached hydrogen (secondary N) is 3. The zero-order chi connectivity index (χ0) is 26.6. The average Bonchev–Trinajstić information content (AvgIpc) is 3.41. The summed E-state index contributed by atoms with van der Waals surface area (Å²) in [5.41, 5.74) is -2.32. The molecular formula is C24H34ClN3O7. The lowest BCUT2D eigenvalue weighted by atomic mass is 9.89. The number of ether oxygens (including phenoxy) is 1. The van der Waals surface area contributed by atoms with Crippen LogP contribution in [-0.2, 0) is 14.3 Å². The second-order valence-corrected chi connectivity index (χ2v) is 10.2. The molecule has 194 valence electrons. The molecule has 0 aromatic heterocycles. The summed E-state index contributed by atoms with van der Waals surface area (Å²) in [5.74, 6) is -5.11. The van der Waals surface area contributed by atoms with Gasteiger partial charge in [-0.1, -0.05) is 44.4 Å². The Morgan fingerprint density at radius 1 is 1.14 bits per heavy atom. The van der Waals surface area contributed by atoms with Gasteiger partial charge in [0.05, 0.1) is 5.92 Å². The topological polar surface area (TPSA) is 154 Å². The highest BCUT2D eigenvalue weighted by atomic mass is 35.5. The molecule has 2 saturated carbocycles. The average molecular weight is 512 g/mol. The minimum atomic E-state index is -1.87. The van der Waals surface area contributed by atoms with Crippen molar-refractivity contribution >= 4 is 41.4 Å². The fourth-order valence-electron chi connectivity index (χ4n) is 4.36. The Labute approximate surface area is 209 Å². The van der Waals surface area contributed by atoms with E-state index in [1.807, 2.05) is 0 Å². The molecule has 0 heterocycles. The third-order valence-corrected chi connectivity index (χ3v) is 6.18. The molecule has 0 bridgehead atoms. The summed E-state index contributed by atoms with van der Waals surface area (Å²) in [5, 5.41) is 27.5. The maximum atomic E-state index is 12.4. The summed E-state index contributed by atoms with van der Waals surface area (Å²) >= 11 is 5.89. The van der Waals surface area contributed by atoms with Gasteiger partial charge in [-0.15, -0.1) is 0 Å². The van der Waals surface area contributed by atoms with Crippen LogP contribution >= 0.6 is 11.6 Å². The SMILES string of the molecule is CC(C)(C)OC(=O)NC1(C(=O)O)CC(NC(=O)Nc2cccc(Cl)c2)C2C(C(=O)O)C21.CCCC. The first-order chi connectivity index (χ1) is 16.3. The van der Waals surface area contributed by atoms with Crippen LogP contribution in [0.2, 0.25) is 5.02 Å². The van der Waals surface area contributed by atoms with E-state index in [0.29, 0.717) is 10.7 Å². The predicted molar refractivity (Wildman–Crippen MR) is 130 cm³/mol. The number of fused-ring (bicyclic) bond motifs is 1. The van der Waals surface area contributed by atoms with Crippen LogP contribution in [0, 0.1) is 17.8 Å². The van der Waals surface area contributed by atoms with E-state index in [2.05, 4.69) is 29.8 Å². The van der Waals surface area contributed by atoms with Crippen molar-refractivity contribution < 1.29 is 34.1 Å². The van der Waals surface area contributed by atoms with Gasteiger partial charge in [-0.2, -0.15) is 0 Å². The van der Waals surface area contributed by atoms with Gasteiger partial charge < -0.3 is 30.9 Å². The second-order valence-electron chi connectivity index (χ2n) is 9.79. The van der Waals surface area contributed by atoms with Crippen LogP contribution in [0.1, 0.15) is 53.9 Å². The number of urea groups is 1. The van der Waals surface area contributed by atoms with E-state index in [1.54, 1.807) is 39.0 Å². The molecule has 3 amide bonds. The molecule has 35 heavy (non-hydrogen) atoms. The van der Waals surface area contributed by atoms with E-state index >= 15 is 0 Å². The summed E-state index contributed by atoms with van der Waals surface area (Å²) in [6.07, 6.45) is 1.50. The summed E-state index contributed by atoms with van der Waals surface area (Å²) in [6.45, 7) is 9.23. The number of carbonyl (C=O) groups excluding carboxylic acids is 2. The Bertz CT molecular complexity index is 963. The molecule has 11 heteroatoms. The van der Waals surface area contributed by atoms with Crippen LogP contribution in [-0.4, -0.2) is 51.5 Å². The maximum absolute atomic E-state index is 12.4. The Hall–Kier alpha value is -3.01. The molecule has 5 atom stereocenters. The number of rotatable bonds is 6. The normalized spacial score (nSPS) is 26.3. The molecule has 5 N–H and O–H groups in total. The van der Waals surface area contributed by atoms with Gasteiger partial charge in [-0.25, -0.2) is 14.4 Å². The first-order valence-electron chi connectivity index (χ1n) is 11.6. The zero-order valence-electron chi connectivity index (χ0n) is 20.6. The summed E-state index contributed by atoms with van der Waals surface area (Å²) in [6, 6.07) is 5.01. The van der Waals surface area contributed by atoms with E-state index in [0.717, 1.165) is 0 Å². The first-order valence-corrected chi connectivity index (χ1v) is 11.9. The number of hydrogen-bond acceptors (Lipinski definition) is 5. The quantitative estimate of drug-likeness (QED) is 0.380. The number of anilines is 1. The second kappa shape index (κ2) is 11.2. The van der Waals surface area contributed by atoms with Crippen molar-refractivity contribution in [3.8, 4) is 0 Å². The molecule has 0 saturated heterocycles. The minimum absolute atomic E-state index is 0.177. The zero-order valence-corrected chi connectivity index (χ0v) is 21.3. The van der Waals surface area contributed by atoms with Gasteiger partial charge in [0.2, 0.25) is 0 Å². The van der Waals surface area contributed by atoms with E-state index in [9.17, 15) is 29.4 Å². The Morgan fingerprint density at radius 3 is 2.26 bits per heavy atom. The van der Waals surface area contributed by atoms with Crippen molar-refractivity contribution in [2.75, 3.05) is 5.32 Å². The van der Waals surface area contributed by atoms with Crippen LogP contribution in [0.5, 0.6) is 0 Å². The van der Waals surface area contributed by atoms with Crippen molar-refractivity contribution in [1.82, 2.24) is 10.6 Å². The number of alkyl carbamates (subject to hydrolysis) is 1. The third-order valence-electron chi connectivity index (χ3n) is 5.94. The fraction of sp³-hybridized carbons (Fsp3) is 0.583. The highest BCUT2D eigenvalue weighted by molar-refractivity contribution is 6.30. The molecule has 0 radical (unpaired) electrons. The van der Waals surface area contributed by atoms with Crippen molar-refractivity contribution in [1.29, 1.82) is 0 Å². The summed E-state index contributed by atoms with van der Waals surface area (Å²) in [7, 11) is 0. The number of carboxylic acid groups (broad SMARTS) is 2. The third kappa shape index (κ3) is 7.00. The first kappa shape index (κ1) is 28.2. The number of amides is 3. The predicted octanol–water partition coefficient (Wildman–Crippen LogP) is 4.34. The lowest BCUT2D eigenvalue weighted by molar-refractivity contribution is -0.147. The lowest BCUT2D eigenvalue weighted by Crippen LogP contribution is -2.58. The molecule has 10 nitrogen and oxygen atoms in total. The molecule has 2 aliphatic carbocycles. The minimum Gasteiger partial charge on any atom is -0.481 e. The van der Waals surface area contributed by atoms with E-state index in [4.69, 9.17) is 16.3 Å². The summed E-state index contributed by atoms with van der Waals surface area (Å²) < 4.78 is 5.17. The van der Waals surface area contributed by atoms with Crippen molar-refractivity contribution in [3.63, 3.8) is 0 Å². The Kier molecular flexibility index (Phi) is 9.00. The monoisotopic (exact) mass is 511 g/mol. The maximum Gasteiger partial charge on any atom is 0.408 e. The summed E-state index contributed by atoms with van der Waals surface area (Å²) in [4.78, 5) is 48.6. The van der Waals surface area contributed by atoms with Gasteiger partial charge in [0.25, 0.3) is 0 Å². The molecule has 2 fully saturated rings. The number of benzene rings is 1. The smallest absolute Gasteiger partial charge is 0.408 e. The molecule has 1 aromatic carbocycles. The van der Waals surface area contributed by atoms with Gasteiger partial charge in [0.15, 0.2) is 0 Å². The van der Waals surface area contributed by atoms with E-state index < -0.39 is 59.0 Å². The highest BCUT2D eigenvalue weighted by Crippen LogP contribution is 2.62. The van der Waals surface area contributed by atoms with E-state index in [-0.39, 0.29) is 6.42 Å². The van der Waals surface area contributed by atoms with Crippen molar-refractivity contribution in [3.05, 3.63) is 29.3 Å². The van der Waals surface area contributed by atoms with Gasteiger partial charge in [-0.3, -0.25) is 4.79 Å². The molecule has 1 aromatic rings. The molecule has 3 rings (SSSR count). The Balaban J connectivity index is 0.00000100. The lowest BCUT2D eigenvalue weighted by Gasteiger charge is -2.31.